The Hall–Kier alpha value is 0.116. The molecule has 1 rings (SSSR count). The van der Waals surface area contributed by atoms with Gasteiger partial charge in [0.1, 0.15) is 0 Å². The van der Waals surface area contributed by atoms with Gasteiger partial charge in [-0.15, -0.1) is 0 Å². The zero-order chi connectivity index (χ0) is 20.7. The molecule has 0 aliphatic rings. The Labute approximate surface area is 175 Å². The normalized spacial score (nSPS) is 14.4. The Morgan fingerprint density at radius 3 is 1.85 bits per heavy atom. The molecule has 0 fully saturated rings. The van der Waals surface area contributed by atoms with E-state index in [4.69, 9.17) is 0 Å². The Balaban J connectivity index is 2.67. The molecular formula is C22H45N3SiSn. The van der Waals surface area contributed by atoms with Crippen molar-refractivity contribution in [2.24, 2.45) is 0 Å². The third kappa shape index (κ3) is 9.93. The van der Waals surface area contributed by atoms with Crippen LogP contribution in [0.3, 0.4) is 0 Å². The summed E-state index contributed by atoms with van der Waals surface area (Å²) in [6, 6.07) is 11.2. The van der Waals surface area contributed by atoms with Gasteiger partial charge in [0.2, 0.25) is 0 Å². The molecule has 0 aliphatic heterocycles. The van der Waals surface area contributed by atoms with Crippen molar-refractivity contribution in [1.82, 2.24) is 14.7 Å². The van der Waals surface area contributed by atoms with Gasteiger partial charge in [0.05, 0.1) is 0 Å². The number of nitrogens with zero attached hydrogens (tertiary/aromatic N) is 3. The van der Waals surface area contributed by atoms with Crippen LogP contribution < -0.4 is 0 Å². The fraction of sp³-hybridized carbons (Fsp3) is 0.727. The van der Waals surface area contributed by atoms with Crippen molar-refractivity contribution in [3.05, 3.63) is 35.9 Å². The van der Waals surface area contributed by atoms with Crippen LogP contribution in [0.25, 0.3) is 0 Å². The third-order valence-electron chi connectivity index (χ3n) is 5.74. The minimum atomic E-state index is -2.02. The van der Waals surface area contributed by atoms with Crippen LogP contribution in [0.15, 0.2) is 30.3 Å². The summed E-state index contributed by atoms with van der Waals surface area (Å²) in [6.45, 7) is 9.92. The molecule has 0 saturated carbocycles. The van der Waals surface area contributed by atoms with E-state index >= 15 is 0 Å². The monoisotopic (exact) mass is 499 g/mol. The number of hydrogen-bond acceptors (Lipinski definition) is 3. The molecule has 156 valence electrons. The summed E-state index contributed by atoms with van der Waals surface area (Å²) in [4.78, 5) is 15.3. The van der Waals surface area contributed by atoms with Crippen LogP contribution in [0.1, 0.15) is 5.56 Å². The van der Waals surface area contributed by atoms with Gasteiger partial charge in [-0.3, -0.25) is 0 Å². The number of hydrogen-bond donors (Lipinski definition) is 0. The molecule has 5 heteroatoms. The van der Waals surface area contributed by atoms with Crippen molar-refractivity contribution in [3.8, 4) is 0 Å². The van der Waals surface area contributed by atoms with E-state index in [2.05, 4.69) is 101 Å². The van der Waals surface area contributed by atoms with Crippen LogP contribution >= 0.6 is 0 Å². The maximum atomic E-state index is 2.65. The van der Waals surface area contributed by atoms with Gasteiger partial charge in [-0.25, -0.2) is 0 Å². The standard InChI is InChI=1S/C19H36N3Si.3CH3.Sn/c1-20(2)13-14-21(3)15-16-22(4)18-23(5,6)17-12-19-10-8-7-9-11-19;;;;/h7-11,17H,12-16,18H2,1-6H3;3*1H3;. The van der Waals surface area contributed by atoms with Gasteiger partial charge < -0.3 is 0 Å². The Morgan fingerprint density at radius 1 is 0.815 bits per heavy atom. The second kappa shape index (κ2) is 11.3. The van der Waals surface area contributed by atoms with Gasteiger partial charge in [-0.2, -0.15) is 0 Å². The first-order valence-electron chi connectivity index (χ1n) is 10.5. The Morgan fingerprint density at radius 2 is 1.33 bits per heavy atom. The predicted octanol–water partition coefficient (Wildman–Crippen LogP) is 4.15. The van der Waals surface area contributed by atoms with Crippen molar-refractivity contribution in [1.29, 1.82) is 0 Å². The maximum absolute atomic E-state index is 2.65. The zero-order valence-electron chi connectivity index (χ0n) is 19.5. The van der Waals surface area contributed by atoms with Crippen LogP contribution in [0, 0.1) is 0 Å². The molecule has 1 unspecified atom stereocenters. The summed E-state index contributed by atoms with van der Waals surface area (Å²) < 4.78 is 0.975. The summed E-state index contributed by atoms with van der Waals surface area (Å²) >= 11 is -2.02. The quantitative estimate of drug-likeness (QED) is 0.401. The number of rotatable bonds is 12. The summed E-state index contributed by atoms with van der Waals surface area (Å²) in [5.74, 6) is 0. The predicted molar refractivity (Wildman–Crippen MR) is 128 cm³/mol. The van der Waals surface area contributed by atoms with E-state index in [-0.39, 0.29) is 0 Å². The first kappa shape index (κ1) is 25.2. The van der Waals surface area contributed by atoms with Crippen molar-refractivity contribution in [2.45, 2.75) is 37.9 Å². The molecule has 0 amide bonds. The first-order chi connectivity index (χ1) is 12.4. The molecule has 1 atom stereocenters. The van der Waals surface area contributed by atoms with Gasteiger partial charge in [-0.1, -0.05) is 0 Å². The van der Waals surface area contributed by atoms with Crippen LogP contribution in [0.2, 0.25) is 31.5 Å². The first-order valence-corrected chi connectivity index (χ1v) is 24.0. The summed E-state index contributed by atoms with van der Waals surface area (Å²) in [5, 5.41) is 0. The molecule has 0 heterocycles. The molecule has 0 saturated heterocycles. The van der Waals surface area contributed by atoms with Gasteiger partial charge >= 0.3 is 175 Å². The van der Waals surface area contributed by atoms with Crippen molar-refractivity contribution >= 4 is 26.5 Å². The molecule has 0 N–H and O–H groups in total. The van der Waals surface area contributed by atoms with E-state index < -0.39 is 26.5 Å². The zero-order valence-corrected chi connectivity index (χ0v) is 23.4. The molecule has 0 spiro atoms. The van der Waals surface area contributed by atoms with Crippen LogP contribution in [0.4, 0.5) is 0 Å². The van der Waals surface area contributed by atoms with Crippen molar-refractivity contribution in [2.75, 3.05) is 60.5 Å². The molecule has 0 aromatic heterocycles. The van der Waals surface area contributed by atoms with Crippen LogP contribution in [-0.4, -0.2) is 102 Å². The second-order valence-corrected chi connectivity index (χ2v) is 32.6. The van der Waals surface area contributed by atoms with Gasteiger partial charge in [-0.05, 0) is 0 Å². The molecule has 0 bridgehead atoms. The molecule has 1 aromatic rings. The van der Waals surface area contributed by atoms with Gasteiger partial charge in [0, 0.05) is 0 Å². The second-order valence-electron chi connectivity index (χ2n) is 10.4. The molecule has 0 radical (unpaired) electrons. The van der Waals surface area contributed by atoms with Gasteiger partial charge in [0.15, 0.2) is 0 Å². The van der Waals surface area contributed by atoms with E-state index in [1.165, 1.54) is 19.1 Å². The minimum absolute atomic E-state index is 0.975. The topological polar surface area (TPSA) is 9.72 Å². The molecule has 0 aliphatic carbocycles. The third-order valence-corrected chi connectivity index (χ3v) is 28.2. The summed E-state index contributed by atoms with van der Waals surface area (Å²) in [7, 11) is 7.57. The summed E-state index contributed by atoms with van der Waals surface area (Å²) in [6.07, 6.45) is 2.62. The van der Waals surface area contributed by atoms with E-state index in [0.29, 0.717) is 0 Å². The van der Waals surface area contributed by atoms with E-state index in [1.807, 2.05) is 0 Å². The van der Waals surface area contributed by atoms with E-state index in [9.17, 15) is 0 Å². The Bertz CT molecular complexity index is 528. The summed E-state index contributed by atoms with van der Waals surface area (Å²) in [5.41, 5.74) is 1.54. The van der Waals surface area contributed by atoms with Gasteiger partial charge in [0.25, 0.3) is 0 Å². The Kier molecular flexibility index (Phi) is 10.6. The van der Waals surface area contributed by atoms with Crippen LogP contribution in [0.5, 0.6) is 0 Å². The molecular weight excluding hydrogens is 453 g/mol. The SMILES string of the molecule is CN(C)CCN(C)CCN(C)C[Si](C)(C)[CH](Cc1ccccc1)[Sn]([CH3])([CH3])[CH3]. The molecule has 1 aromatic carbocycles. The van der Waals surface area contributed by atoms with Crippen LogP contribution in [-0.2, 0) is 6.42 Å². The number of likely N-dealkylation sites (N-methyl/N-ethyl adjacent to an activating group) is 3. The van der Waals surface area contributed by atoms with E-state index in [1.54, 1.807) is 5.56 Å². The fourth-order valence-electron chi connectivity index (χ4n) is 4.31. The fourth-order valence-corrected chi connectivity index (χ4v) is 32.5. The number of benzene rings is 1. The average molecular weight is 498 g/mol. The average Bonchev–Trinajstić information content (AvgIpc) is 2.55. The van der Waals surface area contributed by atoms with Crippen molar-refractivity contribution < 1.29 is 0 Å². The molecule has 3 nitrogen and oxygen atoms in total. The molecule has 27 heavy (non-hydrogen) atoms. The van der Waals surface area contributed by atoms with Crippen molar-refractivity contribution in [3.63, 3.8) is 0 Å². The van der Waals surface area contributed by atoms with E-state index in [0.717, 1.165) is 23.2 Å².